The van der Waals surface area contributed by atoms with Crippen LogP contribution >= 0.6 is 23.2 Å². The van der Waals surface area contributed by atoms with Crippen molar-refractivity contribution in [3.63, 3.8) is 0 Å². The normalized spacial score (nSPS) is 10.5. The van der Waals surface area contributed by atoms with Gasteiger partial charge in [-0.1, -0.05) is 23.2 Å². The third kappa shape index (κ3) is 3.22. The van der Waals surface area contributed by atoms with E-state index in [2.05, 4.69) is 16.4 Å². The lowest BCUT2D eigenvalue weighted by Crippen LogP contribution is -1.99. The fourth-order valence-electron chi connectivity index (χ4n) is 2.68. The lowest BCUT2D eigenvalue weighted by Gasteiger charge is -2.15. The van der Waals surface area contributed by atoms with Crippen molar-refractivity contribution < 1.29 is 9.47 Å². The Morgan fingerprint density at radius 3 is 2.42 bits per heavy atom. The molecule has 3 aromatic rings. The van der Waals surface area contributed by atoms with Crippen molar-refractivity contribution in [2.45, 2.75) is 6.92 Å². The Morgan fingerprint density at radius 2 is 1.77 bits per heavy atom. The number of rotatable bonds is 4. The highest BCUT2D eigenvalue weighted by Gasteiger charge is 2.15. The lowest BCUT2D eigenvalue weighted by molar-refractivity contribution is 0.412. The van der Waals surface area contributed by atoms with Gasteiger partial charge in [0.1, 0.15) is 17.6 Å². The van der Waals surface area contributed by atoms with E-state index >= 15 is 0 Å². The van der Waals surface area contributed by atoms with E-state index < -0.39 is 0 Å². The summed E-state index contributed by atoms with van der Waals surface area (Å²) in [5.74, 6) is 1.18. The van der Waals surface area contributed by atoms with Crippen molar-refractivity contribution >= 4 is 45.5 Å². The summed E-state index contributed by atoms with van der Waals surface area (Å²) >= 11 is 12.4. The van der Waals surface area contributed by atoms with Gasteiger partial charge in [0.2, 0.25) is 0 Å². The summed E-state index contributed by atoms with van der Waals surface area (Å²) in [7, 11) is 3.12. The van der Waals surface area contributed by atoms with E-state index in [1.807, 2.05) is 19.1 Å². The van der Waals surface area contributed by atoms with Gasteiger partial charge < -0.3 is 14.8 Å². The molecule has 0 aliphatic carbocycles. The first-order chi connectivity index (χ1) is 12.5. The predicted molar refractivity (Wildman–Crippen MR) is 104 cm³/mol. The van der Waals surface area contributed by atoms with Crippen LogP contribution in [0.3, 0.4) is 0 Å². The first-order valence-electron chi connectivity index (χ1n) is 7.66. The molecule has 0 aliphatic heterocycles. The summed E-state index contributed by atoms with van der Waals surface area (Å²) in [5.41, 5.74) is 3.23. The minimum Gasteiger partial charge on any atom is -0.496 e. The van der Waals surface area contributed by atoms with Gasteiger partial charge in [-0.05, 0) is 30.7 Å². The number of aryl methyl sites for hydroxylation is 1. The molecular formula is C19H15Cl2N3O2. The van der Waals surface area contributed by atoms with Crippen LogP contribution in [0.4, 0.5) is 11.4 Å². The highest BCUT2D eigenvalue weighted by Crippen LogP contribution is 2.38. The van der Waals surface area contributed by atoms with Crippen molar-refractivity contribution in [2.75, 3.05) is 19.5 Å². The second kappa shape index (κ2) is 7.28. The van der Waals surface area contributed by atoms with E-state index in [0.29, 0.717) is 38.5 Å². The SMILES string of the molecule is COc1cc2c(Nc3cc(OC)c(Cl)cc3Cl)c(C#N)cnc2cc1C. The largest absolute Gasteiger partial charge is 0.496 e. The van der Waals surface area contributed by atoms with Crippen molar-refractivity contribution in [3.05, 3.63) is 51.6 Å². The molecule has 0 spiro atoms. The maximum atomic E-state index is 9.51. The number of hydrogen-bond donors (Lipinski definition) is 1. The zero-order valence-corrected chi connectivity index (χ0v) is 15.9. The average molecular weight is 388 g/mol. The van der Waals surface area contributed by atoms with Crippen LogP contribution in [-0.2, 0) is 0 Å². The number of pyridine rings is 1. The molecule has 0 saturated heterocycles. The fraction of sp³-hybridized carbons (Fsp3) is 0.158. The number of ether oxygens (including phenoxy) is 2. The van der Waals surface area contributed by atoms with E-state index in [4.69, 9.17) is 32.7 Å². The van der Waals surface area contributed by atoms with Gasteiger partial charge in [-0.25, -0.2) is 0 Å². The molecule has 132 valence electrons. The molecule has 0 saturated carbocycles. The Morgan fingerprint density at radius 1 is 1.04 bits per heavy atom. The highest BCUT2D eigenvalue weighted by atomic mass is 35.5. The molecular weight excluding hydrogens is 373 g/mol. The minimum absolute atomic E-state index is 0.383. The monoisotopic (exact) mass is 387 g/mol. The smallest absolute Gasteiger partial charge is 0.139 e. The van der Waals surface area contributed by atoms with Crippen LogP contribution in [0.5, 0.6) is 11.5 Å². The molecule has 3 rings (SSSR count). The highest BCUT2D eigenvalue weighted by molar-refractivity contribution is 6.37. The summed E-state index contributed by atoms with van der Waals surface area (Å²) in [6.07, 6.45) is 1.53. The van der Waals surface area contributed by atoms with Crippen LogP contribution in [-0.4, -0.2) is 19.2 Å². The zero-order valence-electron chi connectivity index (χ0n) is 14.4. The average Bonchev–Trinajstić information content (AvgIpc) is 2.63. The Kier molecular flexibility index (Phi) is 5.08. The number of methoxy groups -OCH3 is 2. The quantitative estimate of drug-likeness (QED) is 0.641. The summed E-state index contributed by atoms with van der Waals surface area (Å²) in [6, 6.07) is 9.18. The Labute approximate surface area is 161 Å². The number of anilines is 2. The maximum Gasteiger partial charge on any atom is 0.139 e. The first-order valence-corrected chi connectivity index (χ1v) is 8.41. The van der Waals surface area contributed by atoms with Gasteiger partial charge in [0, 0.05) is 17.6 Å². The molecule has 2 aromatic carbocycles. The van der Waals surface area contributed by atoms with Gasteiger partial charge in [-0.3, -0.25) is 4.98 Å². The number of nitriles is 1. The van der Waals surface area contributed by atoms with Crippen LogP contribution < -0.4 is 14.8 Å². The van der Waals surface area contributed by atoms with E-state index in [0.717, 1.165) is 16.5 Å². The van der Waals surface area contributed by atoms with E-state index in [1.165, 1.54) is 13.3 Å². The van der Waals surface area contributed by atoms with E-state index in [-0.39, 0.29) is 0 Å². The molecule has 0 radical (unpaired) electrons. The zero-order chi connectivity index (χ0) is 18.8. The standard InChI is InChI=1S/C19H15Cl2N3O2/c1-10-4-15-12(5-17(10)25-2)19(11(8-22)9-23-15)24-16-7-18(26-3)14(21)6-13(16)20/h4-7,9H,1-3H3,(H,23,24). The molecule has 1 heterocycles. The number of fused-ring (bicyclic) bond motifs is 1. The molecule has 0 bridgehead atoms. The van der Waals surface area contributed by atoms with Crippen LogP contribution in [0.2, 0.25) is 10.0 Å². The van der Waals surface area contributed by atoms with Crippen molar-refractivity contribution in [3.8, 4) is 17.6 Å². The second-order valence-electron chi connectivity index (χ2n) is 5.59. The number of halogens is 2. The Balaban J connectivity index is 2.22. The van der Waals surface area contributed by atoms with Crippen LogP contribution in [0.15, 0.2) is 30.5 Å². The second-order valence-corrected chi connectivity index (χ2v) is 6.40. The number of nitrogens with one attached hydrogen (secondary N) is 1. The predicted octanol–water partition coefficient (Wildman–Crippen LogP) is 5.48. The fourth-order valence-corrected chi connectivity index (χ4v) is 3.19. The molecule has 7 heteroatoms. The van der Waals surface area contributed by atoms with Crippen LogP contribution in [0.25, 0.3) is 10.9 Å². The number of benzene rings is 2. The van der Waals surface area contributed by atoms with Crippen LogP contribution in [0.1, 0.15) is 11.1 Å². The van der Waals surface area contributed by atoms with Gasteiger partial charge in [0.15, 0.2) is 0 Å². The van der Waals surface area contributed by atoms with Crippen molar-refractivity contribution in [1.29, 1.82) is 5.26 Å². The number of hydrogen-bond acceptors (Lipinski definition) is 5. The van der Waals surface area contributed by atoms with Crippen molar-refractivity contribution in [1.82, 2.24) is 4.98 Å². The molecule has 0 amide bonds. The molecule has 26 heavy (non-hydrogen) atoms. The summed E-state index contributed by atoms with van der Waals surface area (Å²) in [6.45, 7) is 1.94. The molecule has 1 aromatic heterocycles. The third-order valence-corrected chi connectivity index (χ3v) is 4.61. The number of nitrogens with zero attached hydrogens (tertiary/aromatic N) is 2. The molecule has 0 aliphatic rings. The summed E-state index contributed by atoms with van der Waals surface area (Å²) < 4.78 is 10.7. The maximum absolute atomic E-state index is 9.51. The molecule has 0 unspecified atom stereocenters. The molecule has 1 N–H and O–H groups in total. The van der Waals surface area contributed by atoms with Gasteiger partial charge >= 0.3 is 0 Å². The first kappa shape index (κ1) is 18.1. The Bertz CT molecular complexity index is 1050. The molecule has 5 nitrogen and oxygen atoms in total. The van der Waals surface area contributed by atoms with E-state index in [9.17, 15) is 5.26 Å². The number of aromatic nitrogens is 1. The third-order valence-electron chi connectivity index (χ3n) is 4.01. The van der Waals surface area contributed by atoms with Gasteiger partial charge in [0.05, 0.1) is 46.7 Å². The van der Waals surface area contributed by atoms with Gasteiger partial charge in [-0.2, -0.15) is 5.26 Å². The van der Waals surface area contributed by atoms with Gasteiger partial charge in [0.25, 0.3) is 0 Å². The van der Waals surface area contributed by atoms with Crippen LogP contribution in [0, 0.1) is 18.3 Å². The van der Waals surface area contributed by atoms with Gasteiger partial charge in [-0.15, -0.1) is 0 Å². The Hall–Kier alpha value is -2.68. The lowest BCUT2D eigenvalue weighted by atomic mass is 10.1. The summed E-state index contributed by atoms with van der Waals surface area (Å²) in [4.78, 5) is 4.36. The minimum atomic E-state index is 0.383. The van der Waals surface area contributed by atoms with Crippen molar-refractivity contribution in [2.24, 2.45) is 0 Å². The van der Waals surface area contributed by atoms with E-state index in [1.54, 1.807) is 19.2 Å². The molecule has 0 fully saturated rings. The topological polar surface area (TPSA) is 67.2 Å². The molecule has 0 atom stereocenters. The summed E-state index contributed by atoms with van der Waals surface area (Å²) in [5, 5.41) is 14.3.